The molecule has 0 aliphatic heterocycles. The summed E-state index contributed by atoms with van der Waals surface area (Å²) in [6, 6.07) is 1.95. The molecule has 6 nitrogen and oxygen atoms in total. The standard InChI is InChI=1S/C17H33N5O/c1-5-18-17(19-8-7-11-23-14-15(2)3)20-12-16(4)13-22-10-6-9-21-22/h6,9-10,15-16H,5,7-8,11-14H2,1-4H3,(H2,18,19,20). The maximum Gasteiger partial charge on any atom is 0.191 e. The Kier molecular flexibility index (Phi) is 10.1. The Morgan fingerprint density at radius 1 is 1.30 bits per heavy atom. The van der Waals surface area contributed by atoms with Crippen molar-refractivity contribution in [2.75, 3.05) is 32.8 Å². The number of hydrogen-bond donors (Lipinski definition) is 2. The number of aromatic nitrogens is 2. The van der Waals surface area contributed by atoms with E-state index in [-0.39, 0.29) is 0 Å². The fourth-order valence-electron chi connectivity index (χ4n) is 2.07. The Hall–Kier alpha value is -1.56. The molecular weight excluding hydrogens is 290 g/mol. The predicted octanol–water partition coefficient (Wildman–Crippen LogP) is 2.14. The Labute approximate surface area is 140 Å². The van der Waals surface area contributed by atoms with Crippen LogP contribution in [-0.2, 0) is 11.3 Å². The Bertz CT molecular complexity index is 417. The van der Waals surface area contributed by atoms with E-state index in [0.717, 1.165) is 51.8 Å². The Balaban J connectivity index is 2.23. The molecule has 132 valence electrons. The SMILES string of the molecule is CCNC(=NCC(C)Cn1cccn1)NCCCOCC(C)C. The second-order valence-electron chi connectivity index (χ2n) is 6.30. The van der Waals surface area contributed by atoms with Crippen molar-refractivity contribution < 1.29 is 4.74 Å². The molecule has 0 saturated carbocycles. The van der Waals surface area contributed by atoms with Gasteiger partial charge >= 0.3 is 0 Å². The van der Waals surface area contributed by atoms with Gasteiger partial charge in [-0.05, 0) is 31.2 Å². The molecule has 0 radical (unpaired) electrons. The van der Waals surface area contributed by atoms with Crippen molar-refractivity contribution in [2.45, 2.75) is 40.7 Å². The second-order valence-corrected chi connectivity index (χ2v) is 6.30. The van der Waals surface area contributed by atoms with Crippen molar-refractivity contribution in [3.63, 3.8) is 0 Å². The van der Waals surface area contributed by atoms with Crippen LogP contribution in [-0.4, -0.2) is 48.6 Å². The van der Waals surface area contributed by atoms with E-state index in [1.54, 1.807) is 0 Å². The van der Waals surface area contributed by atoms with Crippen molar-refractivity contribution in [2.24, 2.45) is 16.8 Å². The quantitative estimate of drug-likeness (QED) is 0.372. The molecule has 6 heteroatoms. The van der Waals surface area contributed by atoms with E-state index in [0.29, 0.717) is 11.8 Å². The number of rotatable bonds is 11. The lowest BCUT2D eigenvalue weighted by molar-refractivity contribution is 0.108. The lowest BCUT2D eigenvalue weighted by Crippen LogP contribution is -2.38. The normalized spacial score (nSPS) is 13.3. The number of guanidine groups is 1. The first-order valence-electron chi connectivity index (χ1n) is 8.69. The van der Waals surface area contributed by atoms with Gasteiger partial charge in [0.1, 0.15) is 0 Å². The highest BCUT2D eigenvalue weighted by Crippen LogP contribution is 2.00. The highest BCUT2D eigenvalue weighted by atomic mass is 16.5. The summed E-state index contributed by atoms with van der Waals surface area (Å²) in [6.07, 6.45) is 4.78. The van der Waals surface area contributed by atoms with Crippen LogP contribution >= 0.6 is 0 Å². The smallest absolute Gasteiger partial charge is 0.191 e. The maximum atomic E-state index is 5.58. The summed E-state index contributed by atoms with van der Waals surface area (Å²) < 4.78 is 7.53. The molecule has 0 aliphatic rings. The van der Waals surface area contributed by atoms with Crippen LogP contribution in [0.4, 0.5) is 0 Å². The van der Waals surface area contributed by atoms with Gasteiger partial charge in [-0.25, -0.2) is 0 Å². The molecular formula is C17H33N5O. The van der Waals surface area contributed by atoms with Gasteiger partial charge in [0.15, 0.2) is 5.96 Å². The lowest BCUT2D eigenvalue weighted by atomic mass is 10.2. The van der Waals surface area contributed by atoms with Crippen molar-refractivity contribution in [3.05, 3.63) is 18.5 Å². The van der Waals surface area contributed by atoms with Crippen LogP contribution in [0.3, 0.4) is 0 Å². The molecule has 1 aromatic heterocycles. The number of hydrogen-bond acceptors (Lipinski definition) is 3. The molecule has 2 N–H and O–H groups in total. The molecule has 23 heavy (non-hydrogen) atoms. The zero-order chi connectivity index (χ0) is 16.9. The van der Waals surface area contributed by atoms with Gasteiger partial charge in [0.05, 0.1) is 0 Å². The fourth-order valence-corrected chi connectivity index (χ4v) is 2.07. The van der Waals surface area contributed by atoms with Crippen LogP contribution in [0, 0.1) is 11.8 Å². The topological polar surface area (TPSA) is 63.5 Å². The van der Waals surface area contributed by atoms with Gasteiger partial charge in [0.2, 0.25) is 0 Å². The van der Waals surface area contributed by atoms with Crippen molar-refractivity contribution >= 4 is 5.96 Å². The summed E-state index contributed by atoms with van der Waals surface area (Å²) in [7, 11) is 0. The van der Waals surface area contributed by atoms with Crippen LogP contribution in [0.25, 0.3) is 0 Å². The molecule has 0 aromatic carbocycles. The van der Waals surface area contributed by atoms with E-state index in [2.05, 4.69) is 48.4 Å². The highest BCUT2D eigenvalue weighted by Gasteiger charge is 2.04. The molecule has 0 fully saturated rings. The average molecular weight is 323 g/mol. The van der Waals surface area contributed by atoms with E-state index in [1.165, 1.54) is 0 Å². The summed E-state index contributed by atoms with van der Waals surface area (Å²) in [6.45, 7) is 13.6. The van der Waals surface area contributed by atoms with E-state index < -0.39 is 0 Å². The first-order valence-corrected chi connectivity index (χ1v) is 8.69. The van der Waals surface area contributed by atoms with Gasteiger partial charge in [-0.15, -0.1) is 0 Å². The summed E-state index contributed by atoms with van der Waals surface area (Å²) in [5.74, 6) is 1.92. The molecule has 1 heterocycles. The minimum atomic E-state index is 0.444. The summed E-state index contributed by atoms with van der Waals surface area (Å²) >= 11 is 0. The molecule has 1 atom stereocenters. The number of ether oxygens (including phenoxy) is 1. The van der Waals surface area contributed by atoms with E-state index >= 15 is 0 Å². The van der Waals surface area contributed by atoms with Crippen LogP contribution in [0.1, 0.15) is 34.1 Å². The molecule has 0 saturated heterocycles. The minimum absolute atomic E-state index is 0.444. The van der Waals surface area contributed by atoms with Gasteiger partial charge < -0.3 is 15.4 Å². The number of nitrogens with one attached hydrogen (secondary N) is 2. The monoisotopic (exact) mass is 323 g/mol. The first-order chi connectivity index (χ1) is 11.1. The largest absolute Gasteiger partial charge is 0.381 e. The maximum absolute atomic E-state index is 5.58. The summed E-state index contributed by atoms with van der Waals surface area (Å²) in [5.41, 5.74) is 0. The van der Waals surface area contributed by atoms with Gasteiger partial charge in [-0.2, -0.15) is 5.10 Å². The third-order valence-electron chi connectivity index (χ3n) is 3.17. The molecule has 1 rings (SSSR count). The van der Waals surface area contributed by atoms with E-state index in [1.807, 2.05) is 23.1 Å². The molecule has 0 bridgehead atoms. The van der Waals surface area contributed by atoms with Crippen LogP contribution in [0.2, 0.25) is 0 Å². The highest BCUT2D eigenvalue weighted by molar-refractivity contribution is 5.79. The zero-order valence-corrected chi connectivity index (χ0v) is 15.1. The van der Waals surface area contributed by atoms with Gasteiger partial charge in [-0.1, -0.05) is 20.8 Å². The molecule has 1 aromatic rings. The zero-order valence-electron chi connectivity index (χ0n) is 15.1. The van der Waals surface area contributed by atoms with Crippen molar-refractivity contribution in [1.82, 2.24) is 20.4 Å². The van der Waals surface area contributed by atoms with Gasteiger partial charge in [-0.3, -0.25) is 9.67 Å². The fraction of sp³-hybridized carbons (Fsp3) is 0.765. The van der Waals surface area contributed by atoms with E-state index in [9.17, 15) is 0 Å². The van der Waals surface area contributed by atoms with E-state index in [4.69, 9.17) is 4.74 Å². The minimum Gasteiger partial charge on any atom is -0.381 e. The predicted molar refractivity (Wildman–Crippen MR) is 95.6 cm³/mol. The van der Waals surface area contributed by atoms with Gasteiger partial charge in [0.25, 0.3) is 0 Å². The van der Waals surface area contributed by atoms with Crippen molar-refractivity contribution in [1.29, 1.82) is 0 Å². The molecule has 0 spiro atoms. The number of nitrogens with zero attached hydrogens (tertiary/aromatic N) is 3. The molecule has 0 aliphatic carbocycles. The Morgan fingerprint density at radius 2 is 2.13 bits per heavy atom. The average Bonchev–Trinajstić information content (AvgIpc) is 3.00. The molecule has 1 unspecified atom stereocenters. The third-order valence-corrected chi connectivity index (χ3v) is 3.17. The second kappa shape index (κ2) is 11.9. The third kappa shape index (κ3) is 9.94. The van der Waals surface area contributed by atoms with Crippen molar-refractivity contribution in [3.8, 4) is 0 Å². The summed E-state index contributed by atoms with van der Waals surface area (Å²) in [5, 5.41) is 10.9. The Morgan fingerprint density at radius 3 is 2.78 bits per heavy atom. The van der Waals surface area contributed by atoms with Crippen LogP contribution < -0.4 is 10.6 Å². The lowest BCUT2D eigenvalue weighted by Gasteiger charge is -2.14. The first kappa shape index (κ1) is 19.5. The van der Waals surface area contributed by atoms with Gasteiger partial charge in [0, 0.05) is 51.8 Å². The van der Waals surface area contributed by atoms with Crippen LogP contribution in [0.5, 0.6) is 0 Å². The number of aliphatic imine (C=N–C) groups is 1. The van der Waals surface area contributed by atoms with Crippen LogP contribution in [0.15, 0.2) is 23.5 Å². The molecule has 0 amide bonds. The summed E-state index contributed by atoms with van der Waals surface area (Å²) in [4.78, 5) is 4.65.